The van der Waals surface area contributed by atoms with Crippen LogP contribution in [0.2, 0.25) is 0 Å². The van der Waals surface area contributed by atoms with E-state index in [1.165, 1.54) is 0 Å². The summed E-state index contributed by atoms with van der Waals surface area (Å²) >= 11 is 0. The third-order valence-electron chi connectivity index (χ3n) is 1.13. The standard InChI is InChI=1S/C7H12N2O2/c1-3-6(5-8)9-7(10)11-4-2/h6H,3-4H2,1-2H3,(H,9,10). The van der Waals surface area contributed by atoms with Gasteiger partial charge in [0.25, 0.3) is 0 Å². The summed E-state index contributed by atoms with van der Waals surface area (Å²) in [6, 6.07) is 1.49. The lowest BCUT2D eigenvalue weighted by Gasteiger charge is -2.07. The second-order valence-corrected chi connectivity index (χ2v) is 1.95. The molecule has 1 unspecified atom stereocenters. The summed E-state index contributed by atoms with van der Waals surface area (Å²) in [7, 11) is 0. The van der Waals surface area contributed by atoms with Crippen LogP contribution in [0.1, 0.15) is 20.3 Å². The molecule has 0 fully saturated rings. The quantitative estimate of drug-likeness (QED) is 0.663. The lowest BCUT2D eigenvalue weighted by Crippen LogP contribution is -2.33. The van der Waals surface area contributed by atoms with Crippen LogP contribution in [0.5, 0.6) is 0 Å². The first kappa shape index (κ1) is 9.76. The molecule has 62 valence electrons. The smallest absolute Gasteiger partial charge is 0.408 e. The summed E-state index contributed by atoms with van der Waals surface area (Å²) in [4.78, 5) is 10.7. The molecule has 1 amide bonds. The van der Waals surface area contributed by atoms with Crippen LogP contribution >= 0.6 is 0 Å². The lowest BCUT2D eigenvalue weighted by atomic mass is 10.3. The summed E-state index contributed by atoms with van der Waals surface area (Å²) in [6.45, 7) is 3.86. The van der Waals surface area contributed by atoms with Crippen molar-refractivity contribution >= 4 is 6.09 Å². The molecule has 0 rings (SSSR count). The predicted octanol–water partition coefficient (Wildman–Crippen LogP) is 1.03. The molecular weight excluding hydrogens is 144 g/mol. The Balaban J connectivity index is 3.65. The Kier molecular flexibility index (Phi) is 4.91. The van der Waals surface area contributed by atoms with Crippen molar-refractivity contribution in [1.29, 1.82) is 5.26 Å². The minimum Gasteiger partial charge on any atom is -0.450 e. The van der Waals surface area contributed by atoms with E-state index in [-0.39, 0.29) is 0 Å². The number of nitrogens with one attached hydrogen (secondary N) is 1. The highest BCUT2D eigenvalue weighted by atomic mass is 16.5. The van der Waals surface area contributed by atoms with Gasteiger partial charge in [0.1, 0.15) is 6.04 Å². The molecule has 0 bridgehead atoms. The Labute approximate surface area is 66.1 Å². The first-order valence-electron chi connectivity index (χ1n) is 3.57. The molecule has 0 aromatic heterocycles. The molecule has 0 saturated carbocycles. The first-order chi connectivity index (χ1) is 5.24. The van der Waals surface area contributed by atoms with E-state index < -0.39 is 12.1 Å². The van der Waals surface area contributed by atoms with E-state index >= 15 is 0 Å². The highest BCUT2D eigenvalue weighted by Crippen LogP contribution is 1.88. The normalized spacial score (nSPS) is 11.4. The first-order valence-corrected chi connectivity index (χ1v) is 3.57. The Hall–Kier alpha value is -1.24. The molecule has 0 aliphatic heterocycles. The highest BCUT2D eigenvalue weighted by molar-refractivity contribution is 5.67. The fourth-order valence-electron chi connectivity index (χ4n) is 0.541. The second-order valence-electron chi connectivity index (χ2n) is 1.95. The minimum absolute atomic E-state index is 0.327. The van der Waals surface area contributed by atoms with Gasteiger partial charge in [0, 0.05) is 0 Å². The van der Waals surface area contributed by atoms with Gasteiger partial charge in [-0.05, 0) is 13.3 Å². The van der Waals surface area contributed by atoms with Crippen LogP contribution in [0.3, 0.4) is 0 Å². The Morgan fingerprint density at radius 2 is 2.36 bits per heavy atom. The van der Waals surface area contributed by atoms with E-state index in [4.69, 9.17) is 5.26 Å². The van der Waals surface area contributed by atoms with Crippen molar-refractivity contribution in [3.05, 3.63) is 0 Å². The van der Waals surface area contributed by atoms with Gasteiger partial charge in [-0.3, -0.25) is 0 Å². The topological polar surface area (TPSA) is 62.1 Å². The van der Waals surface area contributed by atoms with E-state index in [9.17, 15) is 4.79 Å². The number of nitrogens with zero attached hydrogens (tertiary/aromatic N) is 1. The van der Waals surface area contributed by atoms with Gasteiger partial charge in [0.2, 0.25) is 0 Å². The van der Waals surface area contributed by atoms with Gasteiger partial charge in [-0.2, -0.15) is 5.26 Å². The van der Waals surface area contributed by atoms with Crippen LogP contribution in [0, 0.1) is 11.3 Å². The zero-order valence-electron chi connectivity index (χ0n) is 6.76. The van der Waals surface area contributed by atoms with Crippen molar-refractivity contribution in [2.75, 3.05) is 6.61 Å². The predicted molar refractivity (Wildman–Crippen MR) is 39.8 cm³/mol. The van der Waals surface area contributed by atoms with Gasteiger partial charge in [0.15, 0.2) is 0 Å². The van der Waals surface area contributed by atoms with E-state index in [2.05, 4.69) is 10.1 Å². The SMILES string of the molecule is CCOC(=O)NC(C#N)CC. The summed E-state index contributed by atoms with van der Waals surface area (Å²) in [5.41, 5.74) is 0. The average molecular weight is 156 g/mol. The fourth-order valence-corrected chi connectivity index (χ4v) is 0.541. The maximum atomic E-state index is 10.7. The number of ether oxygens (including phenoxy) is 1. The van der Waals surface area contributed by atoms with Crippen molar-refractivity contribution in [2.45, 2.75) is 26.3 Å². The number of carbonyl (C=O) groups is 1. The van der Waals surface area contributed by atoms with Crippen LogP contribution in [0.15, 0.2) is 0 Å². The lowest BCUT2D eigenvalue weighted by molar-refractivity contribution is 0.150. The summed E-state index contributed by atoms with van der Waals surface area (Å²) in [5, 5.41) is 10.8. The van der Waals surface area contributed by atoms with Gasteiger partial charge in [-0.15, -0.1) is 0 Å². The van der Waals surface area contributed by atoms with Crippen molar-refractivity contribution in [3.8, 4) is 6.07 Å². The number of hydrogen-bond donors (Lipinski definition) is 1. The number of amides is 1. The van der Waals surface area contributed by atoms with Crippen LogP contribution in [-0.2, 0) is 4.74 Å². The van der Waals surface area contributed by atoms with Gasteiger partial charge < -0.3 is 10.1 Å². The fraction of sp³-hybridized carbons (Fsp3) is 0.714. The molecule has 4 heteroatoms. The Morgan fingerprint density at radius 1 is 1.73 bits per heavy atom. The summed E-state index contributed by atoms with van der Waals surface area (Å²) in [6.07, 6.45) is 0.0656. The number of carbonyl (C=O) groups excluding carboxylic acids is 1. The molecule has 0 saturated heterocycles. The molecule has 0 heterocycles. The van der Waals surface area contributed by atoms with E-state index in [0.29, 0.717) is 13.0 Å². The number of alkyl carbamates (subject to hydrolysis) is 1. The second kappa shape index (κ2) is 5.54. The van der Waals surface area contributed by atoms with Gasteiger partial charge in [-0.1, -0.05) is 6.92 Å². The third-order valence-corrected chi connectivity index (χ3v) is 1.13. The zero-order chi connectivity index (χ0) is 8.69. The van der Waals surface area contributed by atoms with E-state index in [0.717, 1.165) is 0 Å². The monoisotopic (exact) mass is 156 g/mol. The molecule has 0 aliphatic rings. The average Bonchev–Trinajstić information content (AvgIpc) is 2.01. The van der Waals surface area contributed by atoms with Crippen LogP contribution in [0.25, 0.3) is 0 Å². The van der Waals surface area contributed by atoms with Crippen molar-refractivity contribution in [1.82, 2.24) is 5.32 Å². The van der Waals surface area contributed by atoms with Crippen LogP contribution in [0.4, 0.5) is 4.79 Å². The number of nitriles is 1. The molecule has 11 heavy (non-hydrogen) atoms. The largest absolute Gasteiger partial charge is 0.450 e. The van der Waals surface area contributed by atoms with Crippen molar-refractivity contribution in [2.24, 2.45) is 0 Å². The maximum Gasteiger partial charge on any atom is 0.408 e. The van der Waals surface area contributed by atoms with Crippen LogP contribution < -0.4 is 5.32 Å². The number of rotatable bonds is 3. The van der Waals surface area contributed by atoms with Crippen molar-refractivity contribution in [3.63, 3.8) is 0 Å². The maximum absolute atomic E-state index is 10.7. The Bertz CT molecular complexity index is 162. The molecule has 1 N–H and O–H groups in total. The summed E-state index contributed by atoms with van der Waals surface area (Å²) in [5.74, 6) is 0. The molecule has 1 atom stereocenters. The highest BCUT2D eigenvalue weighted by Gasteiger charge is 2.07. The molecule has 0 spiro atoms. The molecule has 0 aromatic carbocycles. The zero-order valence-corrected chi connectivity index (χ0v) is 6.76. The minimum atomic E-state index is -0.527. The Morgan fingerprint density at radius 3 is 2.73 bits per heavy atom. The van der Waals surface area contributed by atoms with Gasteiger partial charge >= 0.3 is 6.09 Å². The van der Waals surface area contributed by atoms with Gasteiger partial charge in [-0.25, -0.2) is 4.79 Å². The molecule has 0 radical (unpaired) electrons. The van der Waals surface area contributed by atoms with E-state index in [1.807, 2.05) is 13.0 Å². The molecular formula is C7H12N2O2. The molecule has 4 nitrogen and oxygen atoms in total. The summed E-state index contributed by atoms with van der Waals surface area (Å²) < 4.78 is 4.57. The third kappa shape index (κ3) is 4.20. The molecule has 0 aliphatic carbocycles. The van der Waals surface area contributed by atoms with Gasteiger partial charge in [0.05, 0.1) is 12.7 Å². The van der Waals surface area contributed by atoms with E-state index in [1.54, 1.807) is 6.92 Å². The van der Waals surface area contributed by atoms with Crippen LogP contribution in [-0.4, -0.2) is 18.7 Å². The van der Waals surface area contributed by atoms with Crippen molar-refractivity contribution < 1.29 is 9.53 Å². The molecule has 0 aromatic rings. The number of hydrogen-bond acceptors (Lipinski definition) is 3.